The smallest absolute Gasteiger partial charge is 0.246 e. The summed E-state index contributed by atoms with van der Waals surface area (Å²) in [7, 11) is 1.50. The third kappa shape index (κ3) is 1.53. The van der Waals surface area contributed by atoms with Gasteiger partial charge in [-0.3, -0.25) is 14.5 Å². The molecule has 1 saturated heterocycles. The molecule has 1 unspecified atom stereocenters. The Kier molecular flexibility index (Phi) is 2.28. The van der Waals surface area contributed by atoms with Crippen LogP contribution in [-0.2, 0) is 9.59 Å². The third-order valence-electron chi connectivity index (χ3n) is 2.93. The summed E-state index contributed by atoms with van der Waals surface area (Å²) in [5.74, 6) is -0.288. The van der Waals surface area contributed by atoms with Gasteiger partial charge in [-0.15, -0.1) is 0 Å². The van der Waals surface area contributed by atoms with Crippen molar-refractivity contribution >= 4 is 11.8 Å². The second-order valence-corrected chi connectivity index (χ2v) is 4.04. The molecule has 0 spiro atoms. The van der Waals surface area contributed by atoms with Crippen LogP contribution in [0.2, 0.25) is 0 Å². The second kappa shape index (κ2) is 3.33. The fourth-order valence-electron chi connectivity index (χ4n) is 1.89. The molecule has 5 heteroatoms. The number of aliphatic hydroxyl groups excluding tert-OH is 1. The topological polar surface area (TPSA) is 69.6 Å². The van der Waals surface area contributed by atoms with Crippen LogP contribution in [0.25, 0.3) is 0 Å². The zero-order chi connectivity index (χ0) is 10.3. The number of nitrogens with one attached hydrogen (secondary N) is 1. The van der Waals surface area contributed by atoms with Crippen LogP contribution in [0.15, 0.2) is 0 Å². The summed E-state index contributed by atoms with van der Waals surface area (Å²) in [5.41, 5.74) is 0. The number of carbonyl (C=O) groups excluding carboxylic acids is 2. The van der Waals surface area contributed by atoms with Gasteiger partial charge in [0.25, 0.3) is 0 Å². The summed E-state index contributed by atoms with van der Waals surface area (Å²) in [5, 5.41) is 12.1. The lowest BCUT2D eigenvalue weighted by atomic mass is 9.89. The van der Waals surface area contributed by atoms with E-state index < -0.39 is 0 Å². The zero-order valence-electron chi connectivity index (χ0n) is 8.06. The first-order valence-electron chi connectivity index (χ1n) is 4.82. The van der Waals surface area contributed by atoms with Crippen LogP contribution in [0.3, 0.4) is 0 Å². The maximum atomic E-state index is 11.5. The Morgan fingerprint density at radius 3 is 2.50 bits per heavy atom. The fourth-order valence-corrected chi connectivity index (χ4v) is 1.89. The van der Waals surface area contributed by atoms with Gasteiger partial charge in [-0.1, -0.05) is 0 Å². The minimum atomic E-state index is -0.370. The van der Waals surface area contributed by atoms with Crippen LogP contribution in [-0.4, -0.2) is 47.1 Å². The van der Waals surface area contributed by atoms with Crippen LogP contribution >= 0.6 is 0 Å². The van der Waals surface area contributed by atoms with Gasteiger partial charge >= 0.3 is 0 Å². The van der Waals surface area contributed by atoms with Crippen molar-refractivity contribution in [3.63, 3.8) is 0 Å². The maximum absolute atomic E-state index is 11.5. The van der Waals surface area contributed by atoms with E-state index in [4.69, 9.17) is 5.11 Å². The van der Waals surface area contributed by atoms with Crippen LogP contribution in [0.4, 0.5) is 0 Å². The van der Waals surface area contributed by atoms with Gasteiger partial charge in [-0.25, -0.2) is 0 Å². The van der Waals surface area contributed by atoms with Crippen molar-refractivity contribution in [3.05, 3.63) is 0 Å². The Morgan fingerprint density at radius 2 is 2.07 bits per heavy atom. The average molecular weight is 198 g/mol. The number of carbonyl (C=O) groups is 2. The molecule has 2 N–H and O–H groups in total. The molecule has 14 heavy (non-hydrogen) atoms. The number of likely N-dealkylation sites (tertiary alicyclic amines) is 1. The van der Waals surface area contributed by atoms with E-state index in [-0.39, 0.29) is 36.4 Å². The molecule has 0 radical (unpaired) electrons. The van der Waals surface area contributed by atoms with Crippen molar-refractivity contribution in [1.29, 1.82) is 0 Å². The number of aliphatic hydroxyl groups is 1. The van der Waals surface area contributed by atoms with E-state index in [0.29, 0.717) is 12.8 Å². The Balaban J connectivity index is 1.87. The summed E-state index contributed by atoms with van der Waals surface area (Å²) in [6, 6.07) is -0.178. The summed E-state index contributed by atoms with van der Waals surface area (Å²) in [4.78, 5) is 23.8. The molecule has 78 valence electrons. The van der Waals surface area contributed by atoms with Gasteiger partial charge in [-0.05, 0) is 12.8 Å². The van der Waals surface area contributed by atoms with Gasteiger partial charge in [-0.2, -0.15) is 0 Å². The molecule has 2 fully saturated rings. The van der Waals surface area contributed by atoms with Crippen LogP contribution < -0.4 is 5.32 Å². The highest BCUT2D eigenvalue weighted by Gasteiger charge is 2.39. The zero-order valence-corrected chi connectivity index (χ0v) is 8.06. The Bertz CT molecular complexity index is 273. The summed E-state index contributed by atoms with van der Waals surface area (Å²) >= 11 is 0. The average Bonchev–Trinajstić information content (AvgIpc) is 2.31. The minimum absolute atomic E-state index is 0.132. The summed E-state index contributed by atoms with van der Waals surface area (Å²) in [6.07, 6.45) is 1.38. The molecule has 2 aliphatic rings. The highest BCUT2D eigenvalue weighted by molar-refractivity contribution is 6.05. The summed E-state index contributed by atoms with van der Waals surface area (Å²) in [6.45, 7) is 0. The van der Waals surface area contributed by atoms with Gasteiger partial charge in [0.05, 0.1) is 18.6 Å². The van der Waals surface area contributed by atoms with Crippen LogP contribution in [0.5, 0.6) is 0 Å². The van der Waals surface area contributed by atoms with Crippen LogP contribution in [0.1, 0.15) is 19.3 Å². The van der Waals surface area contributed by atoms with Crippen LogP contribution in [0, 0.1) is 0 Å². The standard InChI is InChI=1S/C9H14N2O3/c1-11-8(13)4-7(9(11)14)10-5-2-6(12)3-5/h5-7,10,12H,2-4H2,1H3. The normalized spacial score (nSPS) is 37.6. The molecule has 1 heterocycles. The molecule has 1 aliphatic carbocycles. The molecule has 0 aromatic rings. The van der Waals surface area contributed by atoms with E-state index in [0.717, 1.165) is 4.90 Å². The SMILES string of the molecule is CN1C(=O)CC(NC2CC(O)C2)C1=O. The van der Waals surface area contributed by atoms with Crippen molar-refractivity contribution in [1.82, 2.24) is 10.2 Å². The van der Waals surface area contributed by atoms with Crippen molar-refractivity contribution in [2.24, 2.45) is 0 Å². The Hall–Kier alpha value is -0.940. The minimum Gasteiger partial charge on any atom is -0.393 e. The quantitative estimate of drug-likeness (QED) is 0.550. The molecule has 1 atom stereocenters. The van der Waals surface area contributed by atoms with Gasteiger partial charge in [0.2, 0.25) is 11.8 Å². The van der Waals surface area contributed by atoms with E-state index in [1.807, 2.05) is 0 Å². The third-order valence-corrected chi connectivity index (χ3v) is 2.93. The first kappa shape index (κ1) is 9.61. The number of hydrogen-bond donors (Lipinski definition) is 2. The molecule has 5 nitrogen and oxygen atoms in total. The van der Waals surface area contributed by atoms with E-state index >= 15 is 0 Å². The Morgan fingerprint density at radius 1 is 1.43 bits per heavy atom. The number of nitrogens with zero attached hydrogens (tertiary/aromatic N) is 1. The highest BCUT2D eigenvalue weighted by Crippen LogP contribution is 2.22. The predicted molar refractivity (Wildman–Crippen MR) is 48.3 cm³/mol. The largest absolute Gasteiger partial charge is 0.393 e. The number of rotatable bonds is 2. The molecule has 2 rings (SSSR count). The molecule has 2 amide bonds. The van der Waals surface area contributed by atoms with Gasteiger partial charge < -0.3 is 10.4 Å². The van der Waals surface area contributed by atoms with Crippen molar-refractivity contribution in [2.75, 3.05) is 7.05 Å². The second-order valence-electron chi connectivity index (χ2n) is 4.04. The molecule has 1 saturated carbocycles. The lowest BCUT2D eigenvalue weighted by molar-refractivity contribution is -0.137. The first-order chi connectivity index (χ1) is 6.58. The number of likely N-dealkylation sites (N-methyl/N-ethyl adjacent to an activating group) is 1. The van der Waals surface area contributed by atoms with Crippen molar-refractivity contribution in [2.45, 2.75) is 37.5 Å². The summed E-state index contributed by atoms with van der Waals surface area (Å²) < 4.78 is 0. The van der Waals surface area contributed by atoms with E-state index in [1.165, 1.54) is 7.05 Å². The predicted octanol–water partition coefficient (Wildman–Crippen LogP) is -1.14. The van der Waals surface area contributed by atoms with E-state index in [1.54, 1.807) is 0 Å². The molecule has 0 aromatic heterocycles. The highest BCUT2D eigenvalue weighted by atomic mass is 16.3. The Labute approximate surface area is 82.1 Å². The van der Waals surface area contributed by atoms with Gasteiger partial charge in [0.1, 0.15) is 0 Å². The van der Waals surface area contributed by atoms with Crippen molar-refractivity contribution in [3.8, 4) is 0 Å². The monoisotopic (exact) mass is 198 g/mol. The number of amides is 2. The lowest BCUT2D eigenvalue weighted by Gasteiger charge is -2.33. The molecule has 0 bridgehead atoms. The molecular weight excluding hydrogens is 184 g/mol. The lowest BCUT2D eigenvalue weighted by Crippen LogP contribution is -2.50. The first-order valence-corrected chi connectivity index (χ1v) is 4.82. The molecule has 1 aliphatic heterocycles. The number of hydrogen-bond acceptors (Lipinski definition) is 4. The van der Waals surface area contributed by atoms with Crippen molar-refractivity contribution < 1.29 is 14.7 Å². The van der Waals surface area contributed by atoms with Gasteiger partial charge in [0.15, 0.2) is 0 Å². The van der Waals surface area contributed by atoms with Gasteiger partial charge in [0, 0.05) is 13.1 Å². The fraction of sp³-hybridized carbons (Fsp3) is 0.778. The van der Waals surface area contributed by atoms with E-state index in [2.05, 4.69) is 5.32 Å². The van der Waals surface area contributed by atoms with E-state index in [9.17, 15) is 9.59 Å². The number of imide groups is 1. The molecule has 0 aromatic carbocycles. The maximum Gasteiger partial charge on any atom is 0.246 e. The molecular formula is C9H14N2O3.